The van der Waals surface area contributed by atoms with E-state index in [1.54, 1.807) is 37.8 Å². The number of benzene rings is 1. The SMILES string of the molecule is CN(Cc1ccoc1)C(=O)c1cccc(S(=O)(=O)NC[C@@H]2CCCN2)c1. The van der Waals surface area contributed by atoms with Crippen LogP contribution in [-0.2, 0) is 16.6 Å². The maximum atomic E-state index is 12.6. The first-order chi connectivity index (χ1) is 12.5. The van der Waals surface area contributed by atoms with E-state index in [-0.39, 0.29) is 16.8 Å². The van der Waals surface area contributed by atoms with Crippen molar-refractivity contribution in [2.45, 2.75) is 30.3 Å². The molecule has 1 amide bonds. The molecule has 1 aliphatic heterocycles. The lowest BCUT2D eigenvalue weighted by atomic mass is 10.2. The normalized spacial score (nSPS) is 17.3. The summed E-state index contributed by atoms with van der Waals surface area (Å²) >= 11 is 0. The molecule has 1 atom stereocenters. The zero-order valence-corrected chi connectivity index (χ0v) is 15.5. The van der Waals surface area contributed by atoms with Crippen molar-refractivity contribution in [2.24, 2.45) is 0 Å². The van der Waals surface area contributed by atoms with Crippen LogP contribution in [0.1, 0.15) is 28.8 Å². The summed E-state index contributed by atoms with van der Waals surface area (Å²) < 4.78 is 32.7. The minimum absolute atomic E-state index is 0.0954. The maximum absolute atomic E-state index is 12.6. The minimum Gasteiger partial charge on any atom is -0.472 e. The Hall–Kier alpha value is -2.16. The van der Waals surface area contributed by atoms with Gasteiger partial charge in [0.15, 0.2) is 0 Å². The number of hydrogen-bond donors (Lipinski definition) is 2. The Balaban J connectivity index is 1.69. The Morgan fingerprint density at radius 1 is 1.38 bits per heavy atom. The molecule has 2 heterocycles. The van der Waals surface area contributed by atoms with Gasteiger partial charge in [-0.2, -0.15) is 0 Å². The van der Waals surface area contributed by atoms with E-state index < -0.39 is 10.0 Å². The molecule has 1 fully saturated rings. The lowest BCUT2D eigenvalue weighted by Crippen LogP contribution is -2.37. The second-order valence-corrected chi connectivity index (χ2v) is 8.23. The molecule has 0 unspecified atom stereocenters. The highest BCUT2D eigenvalue weighted by Crippen LogP contribution is 2.15. The number of hydrogen-bond acceptors (Lipinski definition) is 5. The third kappa shape index (κ3) is 4.51. The van der Waals surface area contributed by atoms with Gasteiger partial charge in [-0.05, 0) is 43.7 Å². The predicted octanol–water partition coefficient (Wildman–Crippen LogP) is 1.58. The van der Waals surface area contributed by atoms with Crippen LogP contribution in [-0.4, -0.2) is 45.4 Å². The van der Waals surface area contributed by atoms with E-state index in [1.807, 2.05) is 0 Å². The van der Waals surface area contributed by atoms with Gasteiger partial charge >= 0.3 is 0 Å². The van der Waals surface area contributed by atoms with E-state index in [2.05, 4.69) is 10.0 Å². The van der Waals surface area contributed by atoms with Crippen LogP contribution in [0.15, 0.2) is 52.2 Å². The second kappa shape index (κ2) is 8.03. The van der Waals surface area contributed by atoms with Crippen molar-refractivity contribution < 1.29 is 17.6 Å². The van der Waals surface area contributed by atoms with Crippen molar-refractivity contribution in [3.05, 3.63) is 54.0 Å². The number of nitrogens with one attached hydrogen (secondary N) is 2. The third-order valence-corrected chi connectivity index (χ3v) is 5.84. The standard InChI is InChI=1S/C18H23N3O4S/c1-21(12-14-7-9-25-13-14)18(22)15-4-2-6-17(10-15)26(23,24)20-11-16-5-3-8-19-16/h2,4,6-7,9-10,13,16,19-20H,3,5,8,11-12H2,1H3/t16-/m0/s1. The summed E-state index contributed by atoms with van der Waals surface area (Å²) in [6.45, 7) is 1.65. The van der Waals surface area contributed by atoms with E-state index in [9.17, 15) is 13.2 Å². The average molecular weight is 377 g/mol. The fourth-order valence-corrected chi connectivity index (χ4v) is 4.10. The maximum Gasteiger partial charge on any atom is 0.253 e. The molecule has 26 heavy (non-hydrogen) atoms. The molecule has 0 spiro atoms. The molecule has 0 bridgehead atoms. The Labute approximate surface area is 153 Å². The molecule has 3 rings (SSSR count). The van der Waals surface area contributed by atoms with Gasteiger partial charge in [0.2, 0.25) is 10.0 Å². The van der Waals surface area contributed by atoms with Crippen LogP contribution in [0.2, 0.25) is 0 Å². The molecular weight excluding hydrogens is 354 g/mol. The van der Waals surface area contributed by atoms with E-state index in [4.69, 9.17) is 4.42 Å². The minimum atomic E-state index is -3.66. The van der Waals surface area contributed by atoms with Crippen LogP contribution in [0.4, 0.5) is 0 Å². The van der Waals surface area contributed by atoms with E-state index in [1.165, 1.54) is 17.0 Å². The van der Waals surface area contributed by atoms with Crippen LogP contribution in [0.25, 0.3) is 0 Å². The molecule has 2 aromatic rings. The van der Waals surface area contributed by atoms with Crippen molar-refractivity contribution in [1.29, 1.82) is 0 Å². The summed E-state index contributed by atoms with van der Waals surface area (Å²) in [6.07, 6.45) is 5.14. The van der Waals surface area contributed by atoms with Crippen molar-refractivity contribution in [3.63, 3.8) is 0 Å². The van der Waals surface area contributed by atoms with E-state index >= 15 is 0 Å². The number of carbonyl (C=O) groups excluding carboxylic acids is 1. The summed E-state index contributed by atoms with van der Waals surface area (Å²) in [7, 11) is -1.99. The fourth-order valence-electron chi connectivity index (χ4n) is 2.97. The molecule has 0 saturated carbocycles. The van der Waals surface area contributed by atoms with Crippen LogP contribution in [0.3, 0.4) is 0 Å². The van der Waals surface area contributed by atoms with Crippen LogP contribution < -0.4 is 10.0 Å². The second-order valence-electron chi connectivity index (χ2n) is 6.47. The first-order valence-electron chi connectivity index (χ1n) is 8.55. The van der Waals surface area contributed by atoms with Gasteiger partial charge in [0.25, 0.3) is 5.91 Å². The van der Waals surface area contributed by atoms with Crippen molar-refractivity contribution in [3.8, 4) is 0 Å². The monoisotopic (exact) mass is 377 g/mol. The summed E-state index contributed by atoms with van der Waals surface area (Å²) in [5, 5.41) is 3.25. The third-order valence-electron chi connectivity index (χ3n) is 4.42. The number of sulfonamides is 1. The quantitative estimate of drug-likeness (QED) is 0.764. The molecule has 0 aliphatic carbocycles. The number of carbonyl (C=O) groups is 1. The lowest BCUT2D eigenvalue weighted by Gasteiger charge is -2.17. The number of furan rings is 1. The summed E-state index contributed by atoms with van der Waals surface area (Å²) in [4.78, 5) is 14.2. The number of rotatable bonds is 7. The summed E-state index contributed by atoms with van der Waals surface area (Å²) in [5.74, 6) is -0.249. The van der Waals surface area contributed by atoms with Crippen molar-refractivity contribution >= 4 is 15.9 Å². The molecule has 8 heteroatoms. The highest BCUT2D eigenvalue weighted by molar-refractivity contribution is 7.89. The van der Waals surface area contributed by atoms with Gasteiger partial charge in [-0.3, -0.25) is 4.79 Å². The predicted molar refractivity (Wildman–Crippen MR) is 97.2 cm³/mol. The Bertz CT molecular complexity index is 843. The van der Waals surface area contributed by atoms with Gasteiger partial charge in [-0.25, -0.2) is 13.1 Å². The lowest BCUT2D eigenvalue weighted by molar-refractivity contribution is 0.0784. The first-order valence-corrected chi connectivity index (χ1v) is 10.0. The zero-order valence-electron chi connectivity index (χ0n) is 14.6. The number of nitrogens with zero attached hydrogens (tertiary/aromatic N) is 1. The molecule has 1 aromatic carbocycles. The smallest absolute Gasteiger partial charge is 0.253 e. The molecule has 1 aliphatic rings. The van der Waals surface area contributed by atoms with Gasteiger partial charge in [0, 0.05) is 37.3 Å². The van der Waals surface area contributed by atoms with Gasteiger partial charge in [-0.1, -0.05) is 6.07 Å². The molecule has 1 saturated heterocycles. The van der Waals surface area contributed by atoms with E-state index in [0.717, 1.165) is 24.9 Å². The Morgan fingerprint density at radius 3 is 2.92 bits per heavy atom. The molecular formula is C18H23N3O4S. The zero-order chi connectivity index (χ0) is 18.6. The largest absolute Gasteiger partial charge is 0.472 e. The van der Waals surface area contributed by atoms with Gasteiger partial charge < -0.3 is 14.6 Å². The highest BCUT2D eigenvalue weighted by Gasteiger charge is 2.21. The van der Waals surface area contributed by atoms with Crippen LogP contribution in [0, 0.1) is 0 Å². The Kier molecular flexibility index (Phi) is 5.75. The van der Waals surface area contributed by atoms with Gasteiger partial charge in [0.1, 0.15) is 0 Å². The molecule has 0 radical (unpaired) electrons. The molecule has 1 aromatic heterocycles. The van der Waals surface area contributed by atoms with Crippen molar-refractivity contribution in [2.75, 3.05) is 20.1 Å². The van der Waals surface area contributed by atoms with Gasteiger partial charge in [-0.15, -0.1) is 0 Å². The fraction of sp³-hybridized carbons (Fsp3) is 0.389. The van der Waals surface area contributed by atoms with E-state index in [0.29, 0.717) is 18.7 Å². The summed E-state index contributed by atoms with van der Waals surface area (Å²) in [5.41, 5.74) is 1.20. The molecule has 140 valence electrons. The topological polar surface area (TPSA) is 91.7 Å². The van der Waals surface area contributed by atoms with Gasteiger partial charge in [0.05, 0.1) is 17.4 Å². The van der Waals surface area contributed by atoms with Crippen LogP contribution >= 0.6 is 0 Å². The average Bonchev–Trinajstić information content (AvgIpc) is 3.33. The Morgan fingerprint density at radius 2 is 2.23 bits per heavy atom. The van der Waals surface area contributed by atoms with Crippen LogP contribution in [0.5, 0.6) is 0 Å². The number of amides is 1. The molecule has 2 N–H and O–H groups in total. The highest BCUT2D eigenvalue weighted by atomic mass is 32.2. The summed E-state index contributed by atoms with van der Waals surface area (Å²) in [6, 6.07) is 8.06. The van der Waals surface area contributed by atoms with Crippen molar-refractivity contribution in [1.82, 2.24) is 14.9 Å². The molecule has 7 nitrogen and oxygen atoms in total. The first kappa shape index (κ1) is 18.6.